The lowest BCUT2D eigenvalue weighted by Gasteiger charge is -2.19. The molecule has 2 aromatic rings. The maximum atomic E-state index is 12.8. The molecule has 4 nitrogen and oxygen atoms in total. The van der Waals surface area contributed by atoms with Crippen LogP contribution in [0, 0.1) is 0 Å². The zero-order valence-corrected chi connectivity index (χ0v) is 13.2. The third-order valence-corrected chi connectivity index (χ3v) is 4.04. The lowest BCUT2D eigenvalue weighted by Crippen LogP contribution is -2.29. The number of nitrogens with zero attached hydrogens (tertiary/aromatic N) is 2. The summed E-state index contributed by atoms with van der Waals surface area (Å²) in [7, 11) is 5.61. The Morgan fingerprint density at radius 2 is 2.00 bits per heavy atom. The Bertz CT molecular complexity index is 710. The highest BCUT2D eigenvalue weighted by Gasteiger charge is 2.26. The van der Waals surface area contributed by atoms with Crippen LogP contribution in [0.2, 0.25) is 0 Å². The summed E-state index contributed by atoms with van der Waals surface area (Å²) in [5.41, 5.74) is 3.90. The van der Waals surface area contributed by atoms with Crippen LogP contribution in [-0.4, -0.2) is 33.7 Å². The fourth-order valence-electron chi connectivity index (χ4n) is 2.79. The van der Waals surface area contributed by atoms with Crippen molar-refractivity contribution < 1.29 is 9.53 Å². The molecular formula is C18H20N2O2. The summed E-state index contributed by atoms with van der Waals surface area (Å²) >= 11 is 0. The molecule has 114 valence electrons. The quantitative estimate of drug-likeness (QED) is 0.873. The molecule has 1 heterocycles. The van der Waals surface area contributed by atoms with E-state index in [1.807, 2.05) is 66.4 Å². The smallest absolute Gasteiger partial charge is 0.258 e. The van der Waals surface area contributed by atoms with E-state index in [-0.39, 0.29) is 5.91 Å². The molecule has 1 aliphatic heterocycles. The van der Waals surface area contributed by atoms with Gasteiger partial charge in [-0.25, -0.2) is 0 Å². The number of carbonyl (C=O) groups is 1. The van der Waals surface area contributed by atoms with Crippen molar-refractivity contribution in [2.45, 2.75) is 6.42 Å². The van der Waals surface area contributed by atoms with E-state index in [1.54, 1.807) is 7.11 Å². The van der Waals surface area contributed by atoms with Gasteiger partial charge >= 0.3 is 0 Å². The number of carbonyl (C=O) groups excluding carboxylic acids is 1. The van der Waals surface area contributed by atoms with E-state index >= 15 is 0 Å². The summed E-state index contributed by atoms with van der Waals surface area (Å²) in [5, 5.41) is 0. The third kappa shape index (κ3) is 2.52. The summed E-state index contributed by atoms with van der Waals surface area (Å²) in [4.78, 5) is 16.7. The van der Waals surface area contributed by atoms with Gasteiger partial charge in [0.1, 0.15) is 5.75 Å². The van der Waals surface area contributed by atoms with Crippen molar-refractivity contribution in [1.82, 2.24) is 0 Å². The molecule has 1 amide bonds. The molecule has 0 radical (unpaired) electrons. The van der Waals surface area contributed by atoms with Gasteiger partial charge in [-0.2, -0.15) is 0 Å². The summed E-state index contributed by atoms with van der Waals surface area (Å²) in [6.07, 6.45) is 0.867. The molecule has 0 unspecified atom stereocenters. The van der Waals surface area contributed by atoms with Crippen LogP contribution in [0.4, 0.5) is 11.4 Å². The van der Waals surface area contributed by atoms with E-state index in [1.165, 1.54) is 0 Å². The predicted molar refractivity (Wildman–Crippen MR) is 89.1 cm³/mol. The number of benzene rings is 2. The summed E-state index contributed by atoms with van der Waals surface area (Å²) in [5.74, 6) is 0.885. The Hall–Kier alpha value is -2.49. The average Bonchev–Trinajstić information content (AvgIpc) is 2.97. The first-order chi connectivity index (χ1) is 10.6. The van der Waals surface area contributed by atoms with Gasteiger partial charge in [0.2, 0.25) is 0 Å². The molecule has 1 aliphatic rings. The monoisotopic (exact) mass is 296 g/mol. The second-order valence-electron chi connectivity index (χ2n) is 5.65. The maximum absolute atomic E-state index is 12.8. The largest absolute Gasteiger partial charge is 0.497 e. The van der Waals surface area contributed by atoms with Crippen LogP contribution in [0.5, 0.6) is 5.75 Å². The molecule has 3 rings (SSSR count). The number of amides is 1. The molecule has 2 aromatic carbocycles. The van der Waals surface area contributed by atoms with Crippen LogP contribution < -0.4 is 14.5 Å². The third-order valence-electron chi connectivity index (χ3n) is 4.04. The summed E-state index contributed by atoms with van der Waals surface area (Å²) in [6.45, 7) is 0.716. The highest BCUT2D eigenvalue weighted by atomic mass is 16.5. The topological polar surface area (TPSA) is 32.8 Å². The minimum absolute atomic E-state index is 0.0487. The zero-order chi connectivity index (χ0) is 15.7. The first kappa shape index (κ1) is 14.4. The molecule has 0 bridgehead atoms. The molecule has 4 heteroatoms. The number of hydrogen-bond donors (Lipinski definition) is 0. The van der Waals surface area contributed by atoms with E-state index < -0.39 is 0 Å². The van der Waals surface area contributed by atoms with Crippen molar-refractivity contribution in [3.8, 4) is 5.75 Å². The maximum Gasteiger partial charge on any atom is 0.258 e. The Morgan fingerprint density at radius 1 is 1.18 bits per heavy atom. The second kappa shape index (κ2) is 5.72. The minimum atomic E-state index is 0.0487. The highest BCUT2D eigenvalue weighted by Crippen LogP contribution is 2.32. The van der Waals surface area contributed by atoms with Gasteiger partial charge < -0.3 is 14.5 Å². The van der Waals surface area contributed by atoms with Gasteiger partial charge in [0.15, 0.2) is 0 Å². The second-order valence-corrected chi connectivity index (χ2v) is 5.65. The number of anilines is 2. The molecular weight excluding hydrogens is 276 g/mol. The van der Waals surface area contributed by atoms with E-state index in [0.717, 1.165) is 34.7 Å². The molecule has 22 heavy (non-hydrogen) atoms. The first-order valence-electron chi connectivity index (χ1n) is 7.36. The molecule has 0 fully saturated rings. The van der Waals surface area contributed by atoms with Crippen LogP contribution in [0.15, 0.2) is 42.5 Å². The van der Waals surface area contributed by atoms with Gasteiger partial charge in [0.25, 0.3) is 5.91 Å². The number of fused-ring (bicyclic) bond motifs is 1. The lowest BCUT2D eigenvalue weighted by molar-refractivity contribution is 0.0989. The molecule has 0 atom stereocenters. The van der Waals surface area contributed by atoms with Crippen molar-refractivity contribution in [2.24, 2.45) is 0 Å². The van der Waals surface area contributed by atoms with Crippen molar-refractivity contribution >= 4 is 17.3 Å². The Labute approximate surface area is 130 Å². The normalized spacial score (nSPS) is 13.0. The molecule has 0 N–H and O–H groups in total. The van der Waals surface area contributed by atoms with Crippen molar-refractivity contribution in [3.63, 3.8) is 0 Å². The molecule has 0 saturated heterocycles. The predicted octanol–water partition coefficient (Wildman–Crippen LogP) is 2.96. The van der Waals surface area contributed by atoms with Gasteiger partial charge in [-0.05, 0) is 48.4 Å². The minimum Gasteiger partial charge on any atom is -0.497 e. The number of ether oxygens (including phenoxy) is 1. The van der Waals surface area contributed by atoms with E-state index in [9.17, 15) is 4.79 Å². The SMILES string of the molecule is COc1ccc2c(c1)CCN2C(=O)c1cccc(N(C)C)c1. The van der Waals surface area contributed by atoms with Gasteiger partial charge in [-0.3, -0.25) is 4.79 Å². The molecule has 0 aliphatic carbocycles. The van der Waals surface area contributed by atoms with E-state index in [2.05, 4.69) is 0 Å². The fraction of sp³-hybridized carbons (Fsp3) is 0.278. The first-order valence-corrected chi connectivity index (χ1v) is 7.36. The number of rotatable bonds is 3. The van der Waals surface area contributed by atoms with Crippen LogP contribution in [-0.2, 0) is 6.42 Å². The molecule has 0 aromatic heterocycles. The lowest BCUT2D eigenvalue weighted by atomic mass is 10.1. The van der Waals surface area contributed by atoms with Gasteiger partial charge in [0.05, 0.1) is 7.11 Å². The number of methoxy groups -OCH3 is 1. The van der Waals surface area contributed by atoms with Crippen LogP contribution in [0.1, 0.15) is 15.9 Å². The standard InChI is InChI=1S/C18H20N2O2/c1-19(2)15-6-4-5-14(11-15)18(21)20-10-9-13-12-16(22-3)7-8-17(13)20/h4-8,11-12H,9-10H2,1-3H3. The summed E-state index contributed by atoms with van der Waals surface area (Å²) < 4.78 is 5.25. The van der Waals surface area contributed by atoms with Crippen LogP contribution >= 0.6 is 0 Å². The number of hydrogen-bond acceptors (Lipinski definition) is 3. The Morgan fingerprint density at radius 3 is 2.73 bits per heavy atom. The average molecular weight is 296 g/mol. The van der Waals surface area contributed by atoms with Gasteiger partial charge in [0, 0.05) is 37.6 Å². The van der Waals surface area contributed by atoms with Gasteiger partial charge in [-0.15, -0.1) is 0 Å². The van der Waals surface area contributed by atoms with Crippen molar-refractivity contribution in [1.29, 1.82) is 0 Å². The zero-order valence-electron chi connectivity index (χ0n) is 13.2. The molecule has 0 saturated carbocycles. The van der Waals surface area contributed by atoms with Gasteiger partial charge in [-0.1, -0.05) is 6.07 Å². The van der Waals surface area contributed by atoms with E-state index in [4.69, 9.17) is 4.74 Å². The fourth-order valence-corrected chi connectivity index (χ4v) is 2.79. The van der Waals surface area contributed by atoms with Crippen LogP contribution in [0.3, 0.4) is 0 Å². The van der Waals surface area contributed by atoms with E-state index in [0.29, 0.717) is 6.54 Å². The highest BCUT2D eigenvalue weighted by molar-refractivity contribution is 6.07. The summed E-state index contributed by atoms with van der Waals surface area (Å²) in [6, 6.07) is 13.6. The van der Waals surface area contributed by atoms with Crippen LogP contribution in [0.25, 0.3) is 0 Å². The van der Waals surface area contributed by atoms with Crippen molar-refractivity contribution in [2.75, 3.05) is 37.5 Å². The Balaban J connectivity index is 1.91. The molecule has 0 spiro atoms. The van der Waals surface area contributed by atoms with Crippen molar-refractivity contribution in [3.05, 3.63) is 53.6 Å². The Kier molecular flexibility index (Phi) is 3.75.